The first-order valence-electron chi connectivity index (χ1n) is 4.94. The number of rotatable bonds is 0. The Morgan fingerprint density at radius 3 is 2.73 bits per heavy atom. The molecule has 1 spiro atoms. The molecule has 4 heteroatoms. The van der Waals surface area contributed by atoms with Crippen LogP contribution in [0.2, 0.25) is 5.02 Å². The first-order valence-corrected chi connectivity index (χ1v) is 6.11. The summed E-state index contributed by atoms with van der Waals surface area (Å²) in [5.41, 5.74) is 1.60. The molecule has 0 saturated heterocycles. The normalized spacial score (nSPS) is 21.1. The molecule has 0 bridgehead atoms. The predicted molar refractivity (Wildman–Crippen MR) is 63.3 cm³/mol. The van der Waals surface area contributed by atoms with E-state index >= 15 is 0 Å². The lowest BCUT2D eigenvalue weighted by Crippen LogP contribution is -2.40. The summed E-state index contributed by atoms with van der Waals surface area (Å²) < 4.78 is 0.939. The molecule has 1 amide bonds. The van der Waals surface area contributed by atoms with Gasteiger partial charge in [-0.15, -0.1) is 0 Å². The van der Waals surface area contributed by atoms with Gasteiger partial charge in [0.25, 0.3) is 0 Å². The Labute approximate surface area is 101 Å². The molecule has 1 N–H and O–H groups in total. The largest absolute Gasteiger partial charge is 0.324 e. The minimum Gasteiger partial charge on any atom is -0.324 e. The smallest absolute Gasteiger partial charge is 0.235 e. The highest BCUT2D eigenvalue weighted by atomic mass is 79.9. The van der Waals surface area contributed by atoms with Gasteiger partial charge < -0.3 is 5.32 Å². The lowest BCUT2D eigenvalue weighted by molar-refractivity contribution is -0.123. The monoisotopic (exact) mass is 285 g/mol. The van der Waals surface area contributed by atoms with Gasteiger partial charge in [0, 0.05) is 4.47 Å². The van der Waals surface area contributed by atoms with E-state index in [9.17, 15) is 4.79 Å². The summed E-state index contributed by atoms with van der Waals surface area (Å²) in [6, 6.07) is 3.83. The maximum absolute atomic E-state index is 11.9. The third kappa shape index (κ3) is 1.14. The topological polar surface area (TPSA) is 29.1 Å². The summed E-state index contributed by atoms with van der Waals surface area (Å²) in [5, 5.41) is 3.52. The number of benzene rings is 1. The number of anilines is 1. The molecular weight excluding hydrogens is 277 g/mol. The molecule has 0 aromatic heterocycles. The van der Waals surface area contributed by atoms with Gasteiger partial charge in [-0.25, -0.2) is 0 Å². The molecule has 1 heterocycles. The van der Waals surface area contributed by atoms with E-state index in [-0.39, 0.29) is 11.3 Å². The fourth-order valence-corrected chi connectivity index (χ4v) is 3.32. The van der Waals surface area contributed by atoms with Crippen molar-refractivity contribution in [3.8, 4) is 0 Å². The van der Waals surface area contributed by atoms with Gasteiger partial charge in [0.1, 0.15) is 0 Å². The molecule has 3 rings (SSSR count). The number of fused-ring (bicyclic) bond motifs is 2. The molecule has 1 fully saturated rings. The Kier molecular flexibility index (Phi) is 1.92. The number of carbonyl (C=O) groups excluding carboxylic acids is 1. The second kappa shape index (κ2) is 2.98. The average Bonchev–Trinajstić information content (AvgIpc) is 2.37. The van der Waals surface area contributed by atoms with E-state index in [1.54, 1.807) is 0 Å². The van der Waals surface area contributed by atoms with Crippen LogP contribution in [0.25, 0.3) is 0 Å². The van der Waals surface area contributed by atoms with Crippen LogP contribution < -0.4 is 5.32 Å². The summed E-state index contributed by atoms with van der Waals surface area (Å²) in [6.45, 7) is 0. The van der Waals surface area contributed by atoms with Crippen LogP contribution in [0.5, 0.6) is 0 Å². The van der Waals surface area contributed by atoms with Crippen molar-refractivity contribution in [1.82, 2.24) is 0 Å². The Hall–Kier alpha value is -0.540. The standard InChI is InChI=1S/C11H9BrClNO/c12-6-4-7-9(8(13)5-6)14-10(15)11(7)2-1-3-11/h4-5H,1-3H2,(H,14,15). The van der Waals surface area contributed by atoms with E-state index in [1.807, 2.05) is 12.1 Å². The minimum atomic E-state index is -0.275. The van der Waals surface area contributed by atoms with Gasteiger partial charge in [0.2, 0.25) is 5.91 Å². The van der Waals surface area contributed by atoms with E-state index in [2.05, 4.69) is 21.2 Å². The first kappa shape index (κ1) is 9.67. The Morgan fingerprint density at radius 1 is 1.40 bits per heavy atom. The van der Waals surface area contributed by atoms with Gasteiger partial charge in [0.15, 0.2) is 0 Å². The summed E-state index contributed by atoms with van der Waals surface area (Å²) in [6.07, 6.45) is 3.01. The molecule has 0 radical (unpaired) electrons. The van der Waals surface area contributed by atoms with Crippen molar-refractivity contribution in [2.24, 2.45) is 0 Å². The highest BCUT2D eigenvalue weighted by molar-refractivity contribution is 9.10. The molecule has 78 valence electrons. The second-order valence-electron chi connectivity index (χ2n) is 4.20. The Morgan fingerprint density at radius 2 is 2.13 bits per heavy atom. The zero-order valence-corrected chi connectivity index (χ0v) is 10.3. The van der Waals surface area contributed by atoms with Crippen LogP contribution in [0.3, 0.4) is 0 Å². The molecular formula is C11H9BrClNO. The van der Waals surface area contributed by atoms with Gasteiger partial charge >= 0.3 is 0 Å². The number of hydrogen-bond acceptors (Lipinski definition) is 1. The van der Waals surface area contributed by atoms with E-state index < -0.39 is 0 Å². The average molecular weight is 287 g/mol. The zero-order valence-electron chi connectivity index (χ0n) is 7.94. The number of nitrogens with one attached hydrogen (secondary N) is 1. The number of hydrogen-bond donors (Lipinski definition) is 1. The van der Waals surface area contributed by atoms with Crippen LogP contribution >= 0.6 is 27.5 Å². The second-order valence-corrected chi connectivity index (χ2v) is 5.52. The van der Waals surface area contributed by atoms with Crippen molar-refractivity contribution in [1.29, 1.82) is 0 Å². The quantitative estimate of drug-likeness (QED) is 0.777. The number of halogens is 2. The lowest BCUT2D eigenvalue weighted by Gasteiger charge is -2.36. The molecule has 2 aliphatic rings. The highest BCUT2D eigenvalue weighted by Gasteiger charge is 2.51. The molecule has 1 aliphatic heterocycles. The van der Waals surface area contributed by atoms with Crippen LogP contribution in [0.1, 0.15) is 24.8 Å². The highest BCUT2D eigenvalue weighted by Crippen LogP contribution is 2.53. The van der Waals surface area contributed by atoms with E-state index in [0.29, 0.717) is 5.02 Å². The third-order valence-electron chi connectivity index (χ3n) is 3.45. The van der Waals surface area contributed by atoms with Crippen LogP contribution in [-0.2, 0) is 10.2 Å². The van der Waals surface area contributed by atoms with Crippen molar-refractivity contribution in [3.05, 3.63) is 27.2 Å². The first-order chi connectivity index (χ1) is 7.13. The minimum absolute atomic E-state index is 0.115. The third-order valence-corrected chi connectivity index (χ3v) is 4.21. The Bertz CT molecular complexity index is 468. The number of amides is 1. The van der Waals surface area contributed by atoms with Crippen molar-refractivity contribution in [3.63, 3.8) is 0 Å². The van der Waals surface area contributed by atoms with Gasteiger partial charge in [-0.3, -0.25) is 4.79 Å². The van der Waals surface area contributed by atoms with Crippen LogP contribution in [-0.4, -0.2) is 5.91 Å². The maximum atomic E-state index is 11.9. The van der Waals surface area contributed by atoms with Gasteiger partial charge in [-0.05, 0) is 30.5 Å². The van der Waals surface area contributed by atoms with Crippen LogP contribution in [0, 0.1) is 0 Å². The number of carbonyl (C=O) groups is 1. The summed E-state index contributed by atoms with van der Waals surface area (Å²) >= 11 is 9.52. The summed E-state index contributed by atoms with van der Waals surface area (Å²) in [7, 11) is 0. The summed E-state index contributed by atoms with van der Waals surface area (Å²) in [4.78, 5) is 11.9. The lowest BCUT2D eigenvalue weighted by atomic mass is 9.65. The molecule has 0 unspecified atom stereocenters. The van der Waals surface area contributed by atoms with Gasteiger partial charge in [0.05, 0.1) is 16.1 Å². The molecule has 2 nitrogen and oxygen atoms in total. The SMILES string of the molecule is O=C1Nc2c(Cl)cc(Br)cc2C12CCC2. The molecule has 1 aromatic carbocycles. The van der Waals surface area contributed by atoms with Crippen molar-refractivity contribution >= 4 is 39.1 Å². The van der Waals surface area contributed by atoms with E-state index in [4.69, 9.17) is 11.6 Å². The van der Waals surface area contributed by atoms with Crippen LogP contribution in [0.4, 0.5) is 5.69 Å². The van der Waals surface area contributed by atoms with Crippen molar-refractivity contribution in [2.75, 3.05) is 5.32 Å². The summed E-state index contributed by atoms with van der Waals surface area (Å²) in [5.74, 6) is 0.115. The Balaban J connectivity index is 2.24. The van der Waals surface area contributed by atoms with Crippen LogP contribution in [0.15, 0.2) is 16.6 Å². The fourth-order valence-electron chi connectivity index (χ4n) is 2.46. The van der Waals surface area contributed by atoms with Crippen molar-refractivity contribution in [2.45, 2.75) is 24.7 Å². The van der Waals surface area contributed by atoms with E-state index in [0.717, 1.165) is 35.0 Å². The molecule has 1 saturated carbocycles. The molecule has 1 aliphatic carbocycles. The molecule has 0 atom stereocenters. The van der Waals surface area contributed by atoms with Gasteiger partial charge in [-0.1, -0.05) is 34.0 Å². The van der Waals surface area contributed by atoms with Gasteiger partial charge in [-0.2, -0.15) is 0 Å². The fraction of sp³-hybridized carbons (Fsp3) is 0.364. The predicted octanol–water partition coefficient (Wildman–Crippen LogP) is 3.48. The van der Waals surface area contributed by atoms with Crippen molar-refractivity contribution < 1.29 is 4.79 Å². The maximum Gasteiger partial charge on any atom is 0.235 e. The van der Waals surface area contributed by atoms with E-state index in [1.165, 1.54) is 0 Å². The molecule has 1 aromatic rings. The zero-order chi connectivity index (χ0) is 10.6. The molecule has 15 heavy (non-hydrogen) atoms.